The molecule has 0 spiro atoms. The highest BCUT2D eigenvalue weighted by atomic mass is 32.1. The van der Waals surface area contributed by atoms with E-state index in [2.05, 4.69) is 10.3 Å². The van der Waals surface area contributed by atoms with Crippen LogP contribution < -0.4 is 15.9 Å². The smallest absolute Gasteiger partial charge is 0.251 e. The number of aryl methyl sites for hydroxylation is 1. The molecule has 1 aromatic heterocycles. The van der Waals surface area contributed by atoms with E-state index in [0.717, 1.165) is 21.4 Å². The Hall–Kier alpha value is -1.66. The van der Waals surface area contributed by atoms with Crippen molar-refractivity contribution < 1.29 is 4.79 Å². The number of amides is 1. The molecule has 0 aliphatic rings. The number of nitrogens with two attached hydrogens (primary N) is 1. The van der Waals surface area contributed by atoms with Crippen molar-refractivity contribution in [2.24, 2.45) is 17.8 Å². The molecule has 0 fully saturated rings. The third-order valence-corrected chi connectivity index (χ3v) is 4.12. The van der Waals surface area contributed by atoms with Crippen molar-refractivity contribution >= 4 is 27.5 Å². The van der Waals surface area contributed by atoms with Gasteiger partial charge >= 0.3 is 0 Å². The lowest BCUT2D eigenvalue weighted by molar-refractivity contribution is 0.0953. The van der Waals surface area contributed by atoms with Gasteiger partial charge in [0, 0.05) is 26.2 Å². The number of aromatic nitrogens is 1. The van der Waals surface area contributed by atoms with Gasteiger partial charge in [0.05, 0.1) is 10.2 Å². The average Bonchev–Trinajstić information content (AvgIpc) is 2.75. The number of carbonyl (C=O) groups excluding carboxylic acids is 1. The highest BCUT2D eigenvalue weighted by Crippen LogP contribution is 2.18. The summed E-state index contributed by atoms with van der Waals surface area (Å²) < 4.78 is 3.09. The lowest BCUT2D eigenvalue weighted by atomic mass is 10.2. The quantitative estimate of drug-likeness (QED) is 0.814. The predicted molar refractivity (Wildman–Crippen MR) is 78.3 cm³/mol. The third-order valence-electron chi connectivity index (χ3n) is 2.93. The summed E-state index contributed by atoms with van der Waals surface area (Å²) in [5, 5.41) is 2.86. The van der Waals surface area contributed by atoms with Crippen LogP contribution in [0.3, 0.4) is 0 Å². The van der Waals surface area contributed by atoms with Gasteiger partial charge in [-0.15, -0.1) is 0 Å². The molecule has 2 rings (SSSR count). The molecule has 0 radical (unpaired) electrons. The summed E-state index contributed by atoms with van der Waals surface area (Å²) >= 11 is 1.58. The molecule has 1 heterocycles. The Balaban J connectivity index is 2.29. The van der Waals surface area contributed by atoms with E-state index >= 15 is 0 Å². The van der Waals surface area contributed by atoms with Gasteiger partial charge in [0.2, 0.25) is 0 Å². The summed E-state index contributed by atoms with van der Waals surface area (Å²) in [6.07, 6.45) is 0.792. The maximum absolute atomic E-state index is 11.9. The van der Waals surface area contributed by atoms with Crippen LogP contribution in [0, 0.1) is 0 Å². The Labute approximate surface area is 115 Å². The first-order valence-corrected chi connectivity index (χ1v) is 6.99. The maximum Gasteiger partial charge on any atom is 0.251 e. The molecule has 0 atom stereocenters. The number of nitrogens with zero attached hydrogens (tertiary/aromatic N) is 2. The molecule has 0 saturated heterocycles. The second-order valence-corrected chi connectivity index (χ2v) is 5.26. The minimum Gasteiger partial charge on any atom is -0.352 e. The van der Waals surface area contributed by atoms with E-state index < -0.39 is 0 Å². The van der Waals surface area contributed by atoms with Gasteiger partial charge in [-0.2, -0.15) is 0 Å². The van der Waals surface area contributed by atoms with Gasteiger partial charge in [0.1, 0.15) is 0 Å². The number of hydrogen-bond acceptors (Lipinski definition) is 4. The summed E-state index contributed by atoms with van der Waals surface area (Å²) in [5.41, 5.74) is 7.16. The SMILES string of the molecule is C/N=c1/sc2cc(C(=O)NCCCN)ccc2n1C. The lowest BCUT2D eigenvalue weighted by Gasteiger charge is -2.04. The summed E-state index contributed by atoms with van der Waals surface area (Å²) in [4.78, 5) is 17.1. The van der Waals surface area contributed by atoms with Gasteiger partial charge in [-0.3, -0.25) is 9.79 Å². The fourth-order valence-electron chi connectivity index (χ4n) is 1.89. The highest BCUT2D eigenvalue weighted by Gasteiger charge is 2.08. The Bertz CT molecular complexity index is 656. The van der Waals surface area contributed by atoms with Crippen LogP contribution in [0.25, 0.3) is 10.2 Å². The summed E-state index contributed by atoms with van der Waals surface area (Å²) in [6, 6.07) is 5.71. The van der Waals surface area contributed by atoms with Crippen LogP contribution in [0.2, 0.25) is 0 Å². The normalized spacial score (nSPS) is 12.1. The Kier molecular flexibility index (Phi) is 4.34. The number of benzene rings is 1. The molecule has 1 amide bonds. The summed E-state index contributed by atoms with van der Waals surface area (Å²) in [5.74, 6) is -0.0543. The molecular weight excluding hydrogens is 260 g/mol. The first-order valence-electron chi connectivity index (χ1n) is 6.18. The van der Waals surface area contributed by atoms with Crippen LogP contribution in [-0.4, -0.2) is 30.6 Å². The predicted octanol–water partition coefficient (Wildman–Crippen LogP) is 0.849. The number of nitrogens with one attached hydrogen (secondary N) is 1. The van der Waals surface area contributed by atoms with Crippen molar-refractivity contribution in [1.29, 1.82) is 0 Å². The molecular formula is C13H18N4OS. The molecule has 6 heteroatoms. The highest BCUT2D eigenvalue weighted by molar-refractivity contribution is 7.16. The maximum atomic E-state index is 11.9. The van der Waals surface area contributed by atoms with E-state index in [4.69, 9.17) is 5.73 Å². The van der Waals surface area contributed by atoms with Gasteiger partial charge < -0.3 is 15.6 Å². The van der Waals surface area contributed by atoms with Crippen LogP contribution in [0.15, 0.2) is 23.2 Å². The molecule has 0 aliphatic heterocycles. The lowest BCUT2D eigenvalue weighted by Crippen LogP contribution is -2.25. The van der Waals surface area contributed by atoms with Crippen LogP contribution in [-0.2, 0) is 7.05 Å². The van der Waals surface area contributed by atoms with Crippen molar-refractivity contribution in [1.82, 2.24) is 9.88 Å². The molecule has 1 aromatic carbocycles. The average molecular weight is 278 g/mol. The minimum atomic E-state index is -0.0543. The number of rotatable bonds is 4. The zero-order chi connectivity index (χ0) is 13.8. The van der Waals surface area contributed by atoms with Crippen LogP contribution >= 0.6 is 11.3 Å². The van der Waals surface area contributed by atoms with Crippen molar-refractivity contribution in [3.63, 3.8) is 0 Å². The number of hydrogen-bond donors (Lipinski definition) is 2. The molecule has 0 bridgehead atoms. The molecule has 5 nitrogen and oxygen atoms in total. The zero-order valence-corrected chi connectivity index (χ0v) is 12.0. The minimum absolute atomic E-state index is 0.0543. The van der Waals surface area contributed by atoms with Crippen molar-refractivity contribution in [2.45, 2.75) is 6.42 Å². The van der Waals surface area contributed by atoms with Crippen molar-refractivity contribution in [3.8, 4) is 0 Å². The van der Waals surface area contributed by atoms with Gasteiger partial charge in [0.15, 0.2) is 4.80 Å². The number of fused-ring (bicyclic) bond motifs is 1. The third kappa shape index (κ3) is 2.85. The van der Waals surface area contributed by atoms with E-state index in [1.165, 1.54) is 0 Å². The largest absolute Gasteiger partial charge is 0.352 e. The molecule has 0 aliphatic carbocycles. The molecule has 0 unspecified atom stereocenters. The first kappa shape index (κ1) is 13.8. The first-order chi connectivity index (χ1) is 9.17. The second kappa shape index (κ2) is 5.99. The molecule has 2 aromatic rings. The Morgan fingerprint density at radius 3 is 3.00 bits per heavy atom. The molecule has 19 heavy (non-hydrogen) atoms. The van der Waals surface area contributed by atoms with Gasteiger partial charge in [0.25, 0.3) is 5.91 Å². The van der Waals surface area contributed by atoms with Gasteiger partial charge in [-0.1, -0.05) is 11.3 Å². The monoisotopic (exact) mass is 278 g/mol. The number of thiazole rings is 1. The number of carbonyl (C=O) groups is 1. The fourth-order valence-corrected chi connectivity index (χ4v) is 2.90. The Morgan fingerprint density at radius 2 is 2.32 bits per heavy atom. The summed E-state index contributed by atoms with van der Waals surface area (Å²) in [6.45, 7) is 1.20. The molecule has 3 N–H and O–H groups in total. The topological polar surface area (TPSA) is 72.4 Å². The van der Waals surface area contributed by atoms with Crippen LogP contribution in [0.4, 0.5) is 0 Å². The van der Waals surface area contributed by atoms with Crippen LogP contribution in [0.1, 0.15) is 16.8 Å². The second-order valence-electron chi connectivity index (χ2n) is 4.25. The Morgan fingerprint density at radius 1 is 1.53 bits per heavy atom. The van der Waals surface area contributed by atoms with E-state index in [1.807, 2.05) is 29.8 Å². The van der Waals surface area contributed by atoms with Gasteiger partial charge in [-0.05, 0) is 31.2 Å². The van der Waals surface area contributed by atoms with Crippen molar-refractivity contribution in [2.75, 3.05) is 20.1 Å². The van der Waals surface area contributed by atoms with Crippen molar-refractivity contribution in [3.05, 3.63) is 28.6 Å². The van der Waals surface area contributed by atoms with Crippen LogP contribution in [0.5, 0.6) is 0 Å². The molecule has 0 saturated carbocycles. The van der Waals surface area contributed by atoms with E-state index in [1.54, 1.807) is 18.4 Å². The van der Waals surface area contributed by atoms with Gasteiger partial charge in [-0.25, -0.2) is 0 Å². The standard InChI is InChI=1S/C13H18N4OS/c1-15-13-17(2)10-5-4-9(8-11(10)19-13)12(18)16-7-3-6-14/h4-5,8H,3,6-7,14H2,1-2H3,(H,16,18)/b15-13+. The van der Waals surface area contributed by atoms with E-state index in [9.17, 15) is 4.79 Å². The van der Waals surface area contributed by atoms with E-state index in [0.29, 0.717) is 18.7 Å². The summed E-state index contributed by atoms with van der Waals surface area (Å²) in [7, 11) is 3.74. The zero-order valence-electron chi connectivity index (χ0n) is 11.1. The molecule has 102 valence electrons. The van der Waals surface area contributed by atoms with E-state index in [-0.39, 0.29) is 5.91 Å². The fraction of sp³-hybridized carbons (Fsp3) is 0.385.